The molecule has 0 aliphatic heterocycles. The zero-order valence-electron chi connectivity index (χ0n) is 7.80. The highest BCUT2D eigenvalue weighted by molar-refractivity contribution is 5.74. The maximum atomic E-state index is 8.85. The summed E-state index contributed by atoms with van der Waals surface area (Å²) in [4.78, 5) is 4.23. The van der Waals surface area contributed by atoms with Crippen molar-refractivity contribution in [3.8, 4) is 0 Å². The molecule has 1 heterocycles. The fourth-order valence-corrected chi connectivity index (χ4v) is 1.47. The topological polar surface area (TPSA) is 64.1 Å². The van der Waals surface area contributed by atoms with Crippen LogP contribution in [0, 0.1) is 0 Å². The Morgan fingerprint density at radius 1 is 1.43 bits per heavy atom. The Morgan fingerprint density at radius 3 is 3.00 bits per heavy atom. The molecule has 0 saturated carbocycles. The van der Waals surface area contributed by atoms with Gasteiger partial charge < -0.3 is 15.4 Å². The van der Waals surface area contributed by atoms with E-state index < -0.39 is 0 Å². The molecule has 2 rings (SSSR count). The molecule has 1 aromatic heterocycles. The van der Waals surface area contributed by atoms with E-state index in [1.54, 1.807) is 6.33 Å². The molecule has 4 nitrogen and oxygen atoms in total. The van der Waals surface area contributed by atoms with Crippen LogP contribution >= 0.6 is 0 Å². The minimum Gasteiger partial charge on any atom is -0.395 e. The van der Waals surface area contributed by atoms with Gasteiger partial charge in [0.2, 0.25) is 0 Å². The predicted molar refractivity (Wildman–Crippen MR) is 54.8 cm³/mol. The Balaban J connectivity index is 2.33. The van der Waals surface area contributed by atoms with Crippen LogP contribution in [-0.2, 0) is 6.54 Å². The first-order valence-corrected chi connectivity index (χ1v) is 4.57. The number of hydrogen-bond acceptors (Lipinski definition) is 3. The quantitative estimate of drug-likeness (QED) is 0.736. The first-order valence-electron chi connectivity index (χ1n) is 4.57. The maximum Gasteiger partial charge on any atom is 0.0958 e. The molecule has 1 unspecified atom stereocenters. The summed E-state index contributed by atoms with van der Waals surface area (Å²) >= 11 is 0. The predicted octanol–water partition coefficient (Wildman–Crippen LogP) is 0.356. The lowest BCUT2D eigenvalue weighted by Gasteiger charge is -2.09. The van der Waals surface area contributed by atoms with Gasteiger partial charge in [0, 0.05) is 12.6 Å². The van der Waals surface area contributed by atoms with Crippen LogP contribution in [0.25, 0.3) is 11.0 Å². The summed E-state index contributed by atoms with van der Waals surface area (Å²) in [6.45, 7) is 0.587. The van der Waals surface area contributed by atoms with E-state index in [-0.39, 0.29) is 12.6 Å². The number of aromatic nitrogens is 2. The summed E-state index contributed by atoms with van der Waals surface area (Å²) < 4.78 is 1.95. The van der Waals surface area contributed by atoms with Crippen LogP contribution < -0.4 is 5.73 Å². The molecule has 14 heavy (non-hydrogen) atoms. The first kappa shape index (κ1) is 9.18. The van der Waals surface area contributed by atoms with Crippen molar-refractivity contribution >= 4 is 11.0 Å². The van der Waals surface area contributed by atoms with E-state index in [0.29, 0.717) is 6.54 Å². The smallest absolute Gasteiger partial charge is 0.0958 e. The van der Waals surface area contributed by atoms with Gasteiger partial charge in [-0.3, -0.25) is 0 Å². The first-order chi connectivity index (χ1) is 6.81. The fourth-order valence-electron chi connectivity index (χ4n) is 1.47. The minimum atomic E-state index is -0.229. The lowest BCUT2D eigenvalue weighted by molar-refractivity contribution is 0.255. The molecule has 0 amide bonds. The molecule has 0 aliphatic rings. The molecule has 2 aromatic rings. The van der Waals surface area contributed by atoms with Crippen LogP contribution in [0.1, 0.15) is 0 Å². The molecule has 1 aromatic carbocycles. The Morgan fingerprint density at radius 2 is 2.21 bits per heavy atom. The van der Waals surface area contributed by atoms with Crippen LogP contribution in [0.15, 0.2) is 30.6 Å². The lowest BCUT2D eigenvalue weighted by Crippen LogP contribution is -2.29. The van der Waals surface area contributed by atoms with Crippen molar-refractivity contribution in [3.05, 3.63) is 30.6 Å². The van der Waals surface area contributed by atoms with Crippen LogP contribution in [0.2, 0.25) is 0 Å². The second-order valence-electron chi connectivity index (χ2n) is 3.33. The van der Waals surface area contributed by atoms with Gasteiger partial charge in [-0.1, -0.05) is 12.1 Å². The van der Waals surface area contributed by atoms with Gasteiger partial charge in [0.15, 0.2) is 0 Å². The summed E-state index contributed by atoms with van der Waals surface area (Å²) in [5.41, 5.74) is 7.66. The third-order valence-electron chi connectivity index (χ3n) is 2.19. The van der Waals surface area contributed by atoms with Crippen molar-refractivity contribution < 1.29 is 5.11 Å². The Hall–Kier alpha value is -1.39. The van der Waals surface area contributed by atoms with Gasteiger partial charge in [-0.15, -0.1) is 0 Å². The number of fused-ring (bicyclic) bond motifs is 1. The van der Waals surface area contributed by atoms with Gasteiger partial charge in [0.1, 0.15) is 0 Å². The normalized spacial score (nSPS) is 13.3. The number of nitrogens with two attached hydrogens (primary N) is 1. The fraction of sp³-hybridized carbons (Fsp3) is 0.300. The van der Waals surface area contributed by atoms with Gasteiger partial charge in [0.05, 0.1) is 24.0 Å². The van der Waals surface area contributed by atoms with Gasteiger partial charge in [-0.25, -0.2) is 4.98 Å². The SMILES string of the molecule is NC(CO)Cn1cnc2ccccc21. The molecule has 4 heteroatoms. The average Bonchev–Trinajstić information content (AvgIpc) is 2.62. The van der Waals surface area contributed by atoms with E-state index in [2.05, 4.69) is 4.98 Å². The van der Waals surface area contributed by atoms with Crippen LogP contribution in [0.5, 0.6) is 0 Å². The number of nitrogens with zero attached hydrogens (tertiary/aromatic N) is 2. The van der Waals surface area contributed by atoms with E-state index in [1.165, 1.54) is 0 Å². The van der Waals surface area contributed by atoms with Crippen LogP contribution in [0.3, 0.4) is 0 Å². The van der Waals surface area contributed by atoms with Crippen molar-refractivity contribution in [3.63, 3.8) is 0 Å². The van der Waals surface area contributed by atoms with Gasteiger partial charge >= 0.3 is 0 Å². The van der Waals surface area contributed by atoms with Gasteiger partial charge in [-0.05, 0) is 12.1 Å². The monoisotopic (exact) mass is 191 g/mol. The highest BCUT2D eigenvalue weighted by Gasteiger charge is 2.05. The number of rotatable bonds is 3. The third kappa shape index (κ3) is 1.62. The standard InChI is InChI=1S/C10H13N3O/c11-8(6-14)5-13-7-12-9-3-1-2-4-10(9)13/h1-4,7-8,14H,5-6,11H2. The van der Waals surface area contributed by atoms with E-state index in [9.17, 15) is 0 Å². The summed E-state index contributed by atoms with van der Waals surface area (Å²) in [5.74, 6) is 0. The molecule has 0 bridgehead atoms. The molecular formula is C10H13N3O. The largest absolute Gasteiger partial charge is 0.395 e. The highest BCUT2D eigenvalue weighted by atomic mass is 16.3. The molecular weight excluding hydrogens is 178 g/mol. The molecule has 0 spiro atoms. The zero-order valence-corrected chi connectivity index (χ0v) is 7.80. The number of aliphatic hydroxyl groups is 1. The van der Waals surface area contributed by atoms with Crippen molar-refractivity contribution in [2.24, 2.45) is 5.73 Å². The Kier molecular flexibility index (Phi) is 2.47. The van der Waals surface area contributed by atoms with Crippen molar-refractivity contribution in [1.82, 2.24) is 9.55 Å². The molecule has 3 N–H and O–H groups in total. The molecule has 1 atom stereocenters. The summed E-state index contributed by atoms with van der Waals surface area (Å²) in [5, 5.41) is 8.85. The second kappa shape index (κ2) is 3.77. The highest BCUT2D eigenvalue weighted by Crippen LogP contribution is 2.11. The van der Waals surface area contributed by atoms with Crippen LogP contribution in [0.4, 0.5) is 0 Å². The van der Waals surface area contributed by atoms with Gasteiger partial charge in [0.25, 0.3) is 0 Å². The minimum absolute atomic E-state index is 0.00743. The van der Waals surface area contributed by atoms with E-state index in [0.717, 1.165) is 11.0 Å². The summed E-state index contributed by atoms with van der Waals surface area (Å²) in [7, 11) is 0. The second-order valence-corrected chi connectivity index (χ2v) is 3.33. The Bertz CT molecular complexity index is 424. The van der Waals surface area contributed by atoms with E-state index >= 15 is 0 Å². The maximum absolute atomic E-state index is 8.85. The third-order valence-corrected chi connectivity index (χ3v) is 2.19. The Labute approximate surface area is 82.0 Å². The van der Waals surface area contributed by atoms with Crippen molar-refractivity contribution in [2.45, 2.75) is 12.6 Å². The van der Waals surface area contributed by atoms with Crippen molar-refractivity contribution in [2.75, 3.05) is 6.61 Å². The number of aliphatic hydroxyl groups excluding tert-OH is 1. The number of benzene rings is 1. The summed E-state index contributed by atoms with van der Waals surface area (Å²) in [6, 6.07) is 7.63. The van der Waals surface area contributed by atoms with Crippen molar-refractivity contribution in [1.29, 1.82) is 0 Å². The number of para-hydroxylation sites is 2. The molecule has 74 valence electrons. The van der Waals surface area contributed by atoms with Crippen LogP contribution in [-0.4, -0.2) is 27.3 Å². The molecule has 0 fully saturated rings. The molecule has 0 aliphatic carbocycles. The van der Waals surface area contributed by atoms with Gasteiger partial charge in [-0.2, -0.15) is 0 Å². The zero-order chi connectivity index (χ0) is 9.97. The van der Waals surface area contributed by atoms with E-state index in [1.807, 2.05) is 28.8 Å². The number of hydrogen-bond donors (Lipinski definition) is 2. The van der Waals surface area contributed by atoms with E-state index in [4.69, 9.17) is 10.8 Å². The summed E-state index contributed by atoms with van der Waals surface area (Å²) in [6.07, 6.45) is 1.75. The average molecular weight is 191 g/mol. The molecule has 0 radical (unpaired) electrons. The number of imidazole rings is 1. The lowest BCUT2D eigenvalue weighted by atomic mass is 10.3. The molecule has 0 saturated heterocycles.